The molecule has 5 nitrogen and oxygen atoms in total. The van der Waals surface area contributed by atoms with Crippen molar-refractivity contribution >= 4 is 17.6 Å². The number of pyridine rings is 1. The van der Waals surface area contributed by atoms with Crippen molar-refractivity contribution in [1.29, 1.82) is 0 Å². The van der Waals surface area contributed by atoms with E-state index in [0.29, 0.717) is 5.84 Å². The Bertz CT molecular complexity index is 645. The van der Waals surface area contributed by atoms with Crippen molar-refractivity contribution in [2.24, 2.45) is 10.8 Å². The van der Waals surface area contributed by atoms with E-state index >= 15 is 0 Å². The lowest BCUT2D eigenvalue weighted by molar-refractivity contribution is 0.437. The molecule has 3 heterocycles. The summed E-state index contributed by atoms with van der Waals surface area (Å²) in [5, 5.41) is 6.05. The molecule has 0 saturated carbocycles. The van der Waals surface area contributed by atoms with Crippen LogP contribution in [0.2, 0.25) is 0 Å². The number of hydrogen-bond donors (Lipinski definition) is 1. The summed E-state index contributed by atoms with van der Waals surface area (Å²) in [7, 11) is 3.75. The second kappa shape index (κ2) is 5.20. The van der Waals surface area contributed by atoms with Crippen LogP contribution in [0.5, 0.6) is 0 Å². The van der Waals surface area contributed by atoms with Crippen LogP contribution in [0.1, 0.15) is 11.3 Å². The molecule has 3 rings (SSSR count). The Morgan fingerprint density at radius 2 is 2.35 bits per heavy atom. The number of fused-ring (bicyclic) bond motifs is 1. The van der Waals surface area contributed by atoms with Crippen molar-refractivity contribution in [3.63, 3.8) is 0 Å². The van der Waals surface area contributed by atoms with Crippen LogP contribution in [0.4, 0.5) is 0 Å². The van der Waals surface area contributed by atoms with Gasteiger partial charge in [-0.2, -0.15) is 5.10 Å². The quantitative estimate of drug-likeness (QED) is 0.532. The predicted molar refractivity (Wildman–Crippen MR) is 83.4 cm³/mol. The first kappa shape index (κ1) is 13.1. The summed E-state index contributed by atoms with van der Waals surface area (Å²) in [6, 6.07) is 6.14. The number of hydrogen-bond acceptors (Lipinski definition) is 4. The van der Waals surface area contributed by atoms with Crippen molar-refractivity contribution in [3.8, 4) is 11.3 Å². The van der Waals surface area contributed by atoms with Crippen molar-refractivity contribution < 1.29 is 0 Å². The van der Waals surface area contributed by atoms with Crippen molar-refractivity contribution in [2.45, 2.75) is 11.6 Å². The molecular weight excluding hydrogens is 270 g/mol. The van der Waals surface area contributed by atoms with Crippen molar-refractivity contribution in [2.75, 3.05) is 14.1 Å². The molecule has 0 spiro atoms. The third-order valence-corrected chi connectivity index (χ3v) is 4.13. The van der Waals surface area contributed by atoms with Crippen LogP contribution in [-0.4, -0.2) is 34.5 Å². The Balaban J connectivity index is 2.11. The normalized spacial score (nSPS) is 14.4. The number of nitrogens with zero attached hydrogens (tertiary/aromatic N) is 4. The van der Waals surface area contributed by atoms with Crippen molar-refractivity contribution in [3.05, 3.63) is 41.9 Å². The highest BCUT2D eigenvalue weighted by molar-refractivity contribution is 7.97. The second-order valence-corrected chi connectivity index (χ2v) is 5.82. The summed E-state index contributed by atoms with van der Waals surface area (Å²) in [5.74, 6) is 2.49. The van der Waals surface area contributed by atoms with E-state index in [1.54, 1.807) is 11.2 Å². The van der Waals surface area contributed by atoms with Gasteiger partial charge in [0, 0.05) is 49.1 Å². The number of thioether (sulfide) groups is 1. The van der Waals surface area contributed by atoms with Gasteiger partial charge in [0.25, 0.3) is 0 Å². The van der Waals surface area contributed by atoms with E-state index in [1.807, 2.05) is 38.1 Å². The Hall–Kier alpha value is -1.95. The summed E-state index contributed by atoms with van der Waals surface area (Å²) in [4.78, 5) is 4.20. The van der Waals surface area contributed by atoms with Crippen LogP contribution in [0, 0.1) is 0 Å². The molecule has 2 N–H and O–H groups in total. The molecule has 0 saturated heterocycles. The molecule has 1 aliphatic heterocycles. The molecule has 2 aromatic rings. The smallest absolute Gasteiger partial charge is 0.152 e. The van der Waals surface area contributed by atoms with Gasteiger partial charge in [0.15, 0.2) is 5.84 Å². The lowest BCUT2D eigenvalue weighted by Gasteiger charge is -2.06. The molecule has 104 valence electrons. The lowest BCUT2D eigenvalue weighted by atomic mass is 10.2. The minimum atomic E-state index is 0.566. The van der Waals surface area contributed by atoms with E-state index in [4.69, 9.17) is 5.73 Å². The van der Waals surface area contributed by atoms with Gasteiger partial charge >= 0.3 is 0 Å². The van der Waals surface area contributed by atoms with E-state index in [0.717, 1.165) is 28.5 Å². The zero-order valence-corrected chi connectivity index (χ0v) is 12.4. The minimum Gasteiger partial charge on any atom is -0.382 e. The van der Waals surface area contributed by atoms with Crippen LogP contribution in [0.15, 0.2) is 35.7 Å². The van der Waals surface area contributed by atoms with Gasteiger partial charge in [-0.1, -0.05) is 0 Å². The molecule has 0 bridgehead atoms. The Morgan fingerprint density at radius 1 is 1.50 bits per heavy atom. The molecule has 20 heavy (non-hydrogen) atoms. The maximum atomic E-state index is 6.13. The first-order chi connectivity index (χ1) is 9.66. The molecule has 2 aromatic heterocycles. The maximum Gasteiger partial charge on any atom is 0.152 e. The topological polar surface area (TPSA) is 59.4 Å². The Labute approximate surface area is 122 Å². The van der Waals surface area contributed by atoms with Crippen LogP contribution in [0.25, 0.3) is 11.3 Å². The molecule has 0 atom stereocenters. The average molecular weight is 287 g/mol. The Morgan fingerprint density at radius 3 is 3.05 bits per heavy atom. The highest BCUT2D eigenvalue weighted by atomic mass is 32.2. The third-order valence-electron chi connectivity index (χ3n) is 3.21. The fourth-order valence-electron chi connectivity index (χ4n) is 2.37. The molecule has 0 radical (unpaired) electrons. The summed E-state index contributed by atoms with van der Waals surface area (Å²) in [5.41, 5.74) is 10.7. The van der Waals surface area contributed by atoms with Gasteiger partial charge < -0.3 is 15.3 Å². The second-order valence-electron chi connectivity index (χ2n) is 4.87. The van der Waals surface area contributed by atoms with Crippen molar-refractivity contribution in [1.82, 2.24) is 14.6 Å². The monoisotopic (exact) mass is 287 g/mol. The van der Waals surface area contributed by atoms with E-state index < -0.39 is 0 Å². The lowest BCUT2D eigenvalue weighted by Crippen LogP contribution is -2.19. The van der Waals surface area contributed by atoms with Gasteiger partial charge in [-0.25, -0.2) is 0 Å². The summed E-state index contributed by atoms with van der Waals surface area (Å²) in [6.45, 7) is 0. The zero-order chi connectivity index (χ0) is 14.1. The average Bonchev–Trinajstić information content (AvgIpc) is 3.00. The highest BCUT2D eigenvalue weighted by Crippen LogP contribution is 2.34. The van der Waals surface area contributed by atoms with E-state index in [2.05, 4.69) is 26.8 Å². The molecule has 0 fully saturated rings. The van der Waals surface area contributed by atoms with Crippen LogP contribution in [0.3, 0.4) is 0 Å². The molecule has 0 aromatic carbocycles. The maximum absolute atomic E-state index is 6.13. The molecule has 1 aliphatic rings. The number of rotatable bonds is 3. The minimum absolute atomic E-state index is 0.566. The van der Waals surface area contributed by atoms with Gasteiger partial charge in [-0.15, -0.1) is 11.8 Å². The fraction of sp³-hybridized carbons (Fsp3) is 0.286. The van der Waals surface area contributed by atoms with E-state index in [1.165, 1.54) is 5.69 Å². The van der Waals surface area contributed by atoms with Gasteiger partial charge in [0.1, 0.15) is 0 Å². The number of aromatic nitrogens is 2. The molecular formula is C14H17N5S. The molecule has 6 heteroatoms. The van der Waals surface area contributed by atoms with Crippen LogP contribution >= 0.6 is 11.8 Å². The summed E-state index contributed by atoms with van der Waals surface area (Å²) in [6.07, 6.45) is 3.67. The zero-order valence-electron chi connectivity index (χ0n) is 11.6. The third kappa shape index (κ3) is 2.27. The van der Waals surface area contributed by atoms with Gasteiger partial charge in [-0.05, 0) is 18.2 Å². The molecule has 0 unspecified atom stereocenters. The molecule has 0 amide bonds. The van der Waals surface area contributed by atoms with Gasteiger partial charge in [0.2, 0.25) is 0 Å². The number of amidine groups is 1. The van der Waals surface area contributed by atoms with E-state index in [-0.39, 0.29) is 0 Å². The Kier molecular flexibility index (Phi) is 3.40. The van der Waals surface area contributed by atoms with Gasteiger partial charge in [0.05, 0.1) is 11.6 Å². The SMILES string of the molecule is CN(C)N=C(N)c1cc(-c2cccnc2)n2c1CSC2. The standard InChI is InChI=1S/C14H17N5S/c1-18(2)17-14(15)11-6-12(10-4-3-5-16-7-10)19-9-20-8-13(11)19/h3-7H,8-9H2,1-2H3,(H2,15,17). The first-order valence-corrected chi connectivity index (χ1v) is 7.54. The van der Waals surface area contributed by atoms with Crippen LogP contribution in [-0.2, 0) is 11.6 Å². The number of nitrogens with two attached hydrogens (primary N) is 1. The first-order valence-electron chi connectivity index (χ1n) is 6.39. The van der Waals surface area contributed by atoms with E-state index in [9.17, 15) is 0 Å². The highest BCUT2D eigenvalue weighted by Gasteiger charge is 2.22. The van der Waals surface area contributed by atoms with Crippen LogP contribution < -0.4 is 5.73 Å². The van der Waals surface area contributed by atoms with Gasteiger partial charge in [-0.3, -0.25) is 4.98 Å². The number of hydrazone groups is 1. The fourth-order valence-corrected chi connectivity index (χ4v) is 3.44. The largest absolute Gasteiger partial charge is 0.382 e. The molecule has 0 aliphatic carbocycles. The predicted octanol–water partition coefficient (Wildman–Crippen LogP) is 1.94. The summed E-state index contributed by atoms with van der Waals surface area (Å²) >= 11 is 1.89. The summed E-state index contributed by atoms with van der Waals surface area (Å²) < 4.78 is 2.30.